The monoisotopic (exact) mass is 291 g/mol. The molecule has 114 valence electrons. The van der Waals surface area contributed by atoms with Crippen LogP contribution < -0.4 is 5.32 Å². The lowest BCUT2D eigenvalue weighted by Gasteiger charge is -2.10. The molecule has 0 atom stereocenters. The quantitative estimate of drug-likeness (QED) is 0.722. The zero-order valence-electron chi connectivity index (χ0n) is 12.4. The minimum Gasteiger partial charge on any atom is -0.382 e. The van der Waals surface area contributed by atoms with Gasteiger partial charge in [-0.2, -0.15) is 0 Å². The Bertz CT molecular complexity index is 542. The summed E-state index contributed by atoms with van der Waals surface area (Å²) in [5.41, 5.74) is 0.983. The van der Waals surface area contributed by atoms with Gasteiger partial charge in [-0.05, 0) is 37.5 Å². The van der Waals surface area contributed by atoms with E-state index >= 15 is 0 Å². The number of hydrogen-bond donors (Lipinski definition) is 1. The third-order valence-electron chi connectivity index (χ3n) is 3.19. The van der Waals surface area contributed by atoms with Crippen molar-refractivity contribution in [2.45, 2.75) is 26.3 Å². The first-order valence-electron chi connectivity index (χ1n) is 7.37. The molecule has 2 rings (SSSR count). The highest BCUT2D eigenvalue weighted by atomic mass is 19.1. The maximum absolute atomic E-state index is 13.1. The maximum Gasteiger partial charge on any atom is 0.202 e. The van der Waals surface area contributed by atoms with Crippen LogP contribution in [0, 0.1) is 5.82 Å². The fourth-order valence-corrected chi connectivity index (χ4v) is 2.15. The lowest BCUT2D eigenvalue weighted by atomic mass is 10.1. The van der Waals surface area contributed by atoms with Crippen LogP contribution in [0.5, 0.6) is 0 Å². The highest BCUT2D eigenvalue weighted by Crippen LogP contribution is 2.08. The molecular weight excluding hydrogens is 269 g/mol. The van der Waals surface area contributed by atoms with Gasteiger partial charge in [0, 0.05) is 38.7 Å². The molecule has 0 aliphatic rings. The average Bonchev–Trinajstić information content (AvgIpc) is 2.91. The molecule has 0 aliphatic carbocycles. The van der Waals surface area contributed by atoms with Crippen LogP contribution in [0.3, 0.4) is 0 Å². The molecule has 0 saturated carbocycles. The van der Waals surface area contributed by atoms with E-state index in [1.165, 1.54) is 6.07 Å². The number of halogens is 1. The van der Waals surface area contributed by atoms with Gasteiger partial charge in [0.2, 0.25) is 5.95 Å². The summed E-state index contributed by atoms with van der Waals surface area (Å²) in [4.78, 5) is 4.30. The van der Waals surface area contributed by atoms with E-state index in [9.17, 15) is 4.39 Å². The number of nitrogens with zero attached hydrogens (tertiary/aromatic N) is 2. The number of ether oxygens (including phenoxy) is 1. The Morgan fingerprint density at radius 2 is 2.29 bits per heavy atom. The number of imidazole rings is 1. The van der Waals surface area contributed by atoms with E-state index in [1.807, 2.05) is 19.2 Å². The number of rotatable bonds is 9. The molecule has 21 heavy (non-hydrogen) atoms. The summed E-state index contributed by atoms with van der Waals surface area (Å²) in [6, 6.07) is 6.69. The first-order valence-corrected chi connectivity index (χ1v) is 7.37. The lowest BCUT2D eigenvalue weighted by Crippen LogP contribution is -2.11. The van der Waals surface area contributed by atoms with E-state index in [4.69, 9.17) is 4.74 Å². The lowest BCUT2D eigenvalue weighted by molar-refractivity contribution is 0.142. The van der Waals surface area contributed by atoms with E-state index in [0.29, 0.717) is 0 Å². The molecule has 0 fully saturated rings. The molecule has 5 heteroatoms. The Hall–Kier alpha value is -1.88. The van der Waals surface area contributed by atoms with Crippen molar-refractivity contribution >= 4 is 5.95 Å². The van der Waals surface area contributed by atoms with Crippen molar-refractivity contribution in [2.75, 3.05) is 25.1 Å². The molecular formula is C16H22FN3O. The third kappa shape index (κ3) is 5.19. The van der Waals surface area contributed by atoms with Crippen LogP contribution in [0.4, 0.5) is 10.3 Å². The van der Waals surface area contributed by atoms with E-state index in [1.54, 1.807) is 18.3 Å². The second-order valence-corrected chi connectivity index (χ2v) is 4.80. The average molecular weight is 291 g/mol. The van der Waals surface area contributed by atoms with Crippen molar-refractivity contribution in [3.63, 3.8) is 0 Å². The summed E-state index contributed by atoms with van der Waals surface area (Å²) in [6.45, 7) is 5.12. The highest BCUT2D eigenvalue weighted by molar-refractivity contribution is 5.27. The Morgan fingerprint density at radius 1 is 1.38 bits per heavy atom. The molecule has 2 aromatic rings. The normalized spacial score (nSPS) is 10.8. The van der Waals surface area contributed by atoms with Crippen LogP contribution in [0.1, 0.15) is 18.9 Å². The van der Waals surface area contributed by atoms with Gasteiger partial charge in [-0.1, -0.05) is 12.1 Å². The van der Waals surface area contributed by atoms with Crippen LogP contribution in [0.2, 0.25) is 0 Å². The van der Waals surface area contributed by atoms with Crippen molar-refractivity contribution in [1.82, 2.24) is 9.55 Å². The Morgan fingerprint density at radius 3 is 3.10 bits per heavy atom. The fourth-order valence-electron chi connectivity index (χ4n) is 2.15. The van der Waals surface area contributed by atoms with Gasteiger partial charge in [0.25, 0.3) is 0 Å². The predicted molar refractivity (Wildman–Crippen MR) is 81.9 cm³/mol. The summed E-state index contributed by atoms with van der Waals surface area (Å²) >= 11 is 0. The minimum absolute atomic E-state index is 0.190. The van der Waals surface area contributed by atoms with Crippen molar-refractivity contribution in [1.29, 1.82) is 0 Å². The second-order valence-electron chi connectivity index (χ2n) is 4.80. The first-order chi connectivity index (χ1) is 10.3. The minimum atomic E-state index is -0.190. The smallest absolute Gasteiger partial charge is 0.202 e. The van der Waals surface area contributed by atoms with Gasteiger partial charge in [0.05, 0.1) is 0 Å². The largest absolute Gasteiger partial charge is 0.382 e. The predicted octanol–water partition coefficient (Wildman–Crippen LogP) is 3.10. The van der Waals surface area contributed by atoms with Crippen LogP contribution in [0.25, 0.3) is 0 Å². The van der Waals surface area contributed by atoms with E-state index in [-0.39, 0.29) is 5.82 Å². The summed E-state index contributed by atoms with van der Waals surface area (Å²) in [7, 11) is 0. The molecule has 0 bridgehead atoms. The SMILES string of the molecule is CCOCCCn1ccnc1NCCc1cccc(F)c1. The molecule has 1 aromatic carbocycles. The van der Waals surface area contributed by atoms with E-state index < -0.39 is 0 Å². The molecule has 0 radical (unpaired) electrons. The van der Waals surface area contributed by atoms with Crippen LogP contribution in [-0.2, 0) is 17.7 Å². The van der Waals surface area contributed by atoms with Gasteiger partial charge in [-0.15, -0.1) is 0 Å². The molecule has 0 amide bonds. The molecule has 0 unspecified atom stereocenters. The van der Waals surface area contributed by atoms with E-state index in [2.05, 4.69) is 14.9 Å². The number of aromatic nitrogens is 2. The van der Waals surface area contributed by atoms with Gasteiger partial charge in [0.15, 0.2) is 0 Å². The molecule has 0 saturated heterocycles. The van der Waals surface area contributed by atoms with Gasteiger partial charge in [-0.25, -0.2) is 9.37 Å². The van der Waals surface area contributed by atoms with Crippen LogP contribution in [0.15, 0.2) is 36.7 Å². The van der Waals surface area contributed by atoms with Gasteiger partial charge < -0.3 is 14.6 Å². The van der Waals surface area contributed by atoms with Gasteiger partial charge >= 0.3 is 0 Å². The molecule has 0 aliphatic heterocycles. The van der Waals surface area contributed by atoms with Gasteiger partial charge in [0.1, 0.15) is 5.82 Å². The standard InChI is InChI=1S/C16H22FN3O/c1-2-21-12-4-10-20-11-9-19-16(20)18-8-7-14-5-3-6-15(17)13-14/h3,5-6,9,11,13H,2,4,7-8,10,12H2,1H3,(H,18,19). The summed E-state index contributed by atoms with van der Waals surface area (Å²) in [5.74, 6) is 0.660. The summed E-state index contributed by atoms with van der Waals surface area (Å²) in [5, 5.41) is 3.29. The van der Waals surface area contributed by atoms with Gasteiger partial charge in [-0.3, -0.25) is 0 Å². The molecule has 1 N–H and O–H groups in total. The Balaban J connectivity index is 1.77. The number of aryl methyl sites for hydroxylation is 1. The molecule has 0 spiro atoms. The zero-order chi connectivity index (χ0) is 14.9. The Labute approximate surface area is 125 Å². The van der Waals surface area contributed by atoms with Crippen molar-refractivity contribution in [3.8, 4) is 0 Å². The van der Waals surface area contributed by atoms with Crippen molar-refractivity contribution in [2.24, 2.45) is 0 Å². The van der Waals surface area contributed by atoms with E-state index in [0.717, 1.165) is 50.7 Å². The third-order valence-corrected chi connectivity index (χ3v) is 3.19. The van der Waals surface area contributed by atoms with Crippen molar-refractivity contribution < 1.29 is 9.13 Å². The maximum atomic E-state index is 13.1. The molecule has 4 nitrogen and oxygen atoms in total. The number of nitrogens with one attached hydrogen (secondary N) is 1. The molecule has 1 aromatic heterocycles. The van der Waals surface area contributed by atoms with Crippen LogP contribution in [-0.4, -0.2) is 29.3 Å². The Kier molecular flexibility index (Phi) is 6.22. The number of hydrogen-bond acceptors (Lipinski definition) is 3. The number of benzene rings is 1. The zero-order valence-corrected chi connectivity index (χ0v) is 12.4. The summed E-state index contributed by atoms with van der Waals surface area (Å²) in [6.07, 6.45) is 5.47. The fraction of sp³-hybridized carbons (Fsp3) is 0.438. The number of anilines is 1. The summed E-state index contributed by atoms with van der Waals surface area (Å²) < 4.78 is 20.5. The molecule has 1 heterocycles. The van der Waals surface area contributed by atoms with Crippen LogP contribution >= 0.6 is 0 Å². The first kappa shape index (κ1) is 15.5. The van der Waals surface area contributed by atoms with Crippen molar-refractivity contribution in [3.05, 3.63) is 48.0 Å². The second kappa shape index (κ2) is 8.42. The topological polar surface area (TPSA) is 39.1 Å². The highest BCUT2D eigenvalue weighted by Gasteiger charge is 2.02.